The first-order chi connectivity index (χ1) is 6.87. The van der Waals surface area contributed by atoms with Gasteiger partial charge in [0, 0.05) is 0 Å². The van der Waals surface area contributed by atoms with Gasteiger partial charge in [0.05, 0.1) is 6.61 Å². The largest absolute Gasteiger partial charge is 0.504 e. The fourth-order valence-corrected chi connectivity index (χ4v) is 0.911. The lowest BCUT2D eigenvalue weighted by molar-refractivity contribution is 0.283. The van der Waals surface area contributed by atoms with Crippen LogP contribution in [0.15, 0.2) is 24.3 Å². The predicted molar refractivity (Wildman–Crippen MR) is 52.9 cm³/mol. The van der Waals surface area contributed by atoms with Crippen molar-refractivity contribution < 1.29 is 27.4 Å². The van der Waals surface area contributed by atoms with Crippen molar-refractivity contribution in [1.29, 1.82) is 0 Å². The Labute approximate surface area is 87.7 Å². The third kappa shape index (κ3) is 7.74. The van der Waals surface area contributed by atoms with Gasteiger partial charge in [-0.15, -0.1) is 0 Å². The van der Waals surface area contributed by atoms with Crippen LogP contribution in [0.3, 0.4) is 0 Å². The van der Waals surface area contributed by atoms with Gasteiger partial charge in [0.25, 0.3) is 0 Å². The van der Waals surface area contributed by atoms with Crippen LogP contribution in [0.5, 0.6) is 11.5 Å². The molecule has 0 aliphatic rings. The first-order valence-corrected chi connectivity index (χ1v) is 5.32. The first kappa shape index (κ1) is 13.7. The van der Waals surface area contributed by atoms with E-state index in [0.29, 0.717) is 0 Å². The molecule has 1 aromatic rings. The number of benzene rings is 1. The van der Waals surface area contributed by atoms with E-state index in [1.165, 1.54) is 19.1 Å². The normalized spacial score (nSPS) is 10.3. The molecule has 0 fully saturated rings. The minimum atomic E-state index is -4.17. The summed E-state index contributed by atoms with van der Waals surface area (Å²) in [4.78, 5) is 0. The Morgan fingerprint density at radius 2 is 1.60 bits per heavy atom. The maximum atomic E-state index is 9.56. The fourth-order valence-electron chi connectivity index (χ4n) is 0.613. The number of phenols is 2. The zero-order chi connectivity index (χ0) is 11.9. The lowest BCUT2D eigenvalue weighted by atomic mass is 10.3. The van der Waals surface area contributed by atoms with E-state index in [2.05, 4.69) is 4.18 Å². The standard InChI is InChI=1S/C6H6O2.C2H6O4S/c7-5-3-1-2-4-6(5)8;1-2-6-7(3,4)5/h1-4,7-8H;2H2,1H3,(H,3,4,5). The second-order valence-corrected chi connectivity index (χ2v) is 3.41. The van der Waals surface area contributed by atoms with Gasteiger partial charge < -0.3 is 10.2 Å². The van der Waals surface area contributed by atoms with Crippen molar-refractivity contribution in [3.8, 4) is 11.5 Å². The quantitative estimate of drug-likeness (QED) is 0.521. The molecule has 0 spiro atoms. The molecule has 86 valence electrons. The van der Waals surface area contributed by atoms with E-state index in [1.807, 2.05) is 0 Å². The van der Waals surface area contributed by atoms with Gasteiger partial charge in [0.2, 0.25) is 0 Å². The molecule has 0 saturated carbocycles. The summed E-state index contributed by atoms with van der Waals surface area (Å²) < 4.78 is 30.7. The van der Waals surface area contributed by atoms with Crippen LogP contribution in [-0.2, 0) is 14.6 Å². The summed E-state index contributed by atoms with van der Waals surface area (Å²) >= 11 is 0. The van der Waals surface area contributed by atoms with Crippen LogP contribution < -0.4 is 0 Å². The summed E-state index contributed by atoms with van der Waals surface area (Å²) in [5, 5.41) is 17.3. The zero-order valence-corrected chi connectivity index (χ0v) is 8.81. The lowest BCUT2D eigenvalue weighted by Crippen LogP contribution is -2.01. The van der Waals surface area contributed by atoms with E-state index in [0.717, 1.165) is 0 Å². The molecule has 1 aromatic carbocycles. The third-order valence-electron chi connectivity index (χ3n) is 1.15. The van der Waals surface area contributed by atoms with Crippen LogP contribution in [0.25, 0.3) is 0 Å². The van der Waals surface area contributed by atoms with Gasteiger partial charge in [-0.3, -0.25) is 4.55 Å². The molecule has 0 heterocycles. The molecular weight excluding hydrogens is 224 g/mol. The lowest BCUT2D eigenvalue weighted by Gasteiger charge is -1.91. The number of hydrogen-bond acceptors (Lipinski definition) is 5. The molecule has 0 aliphatic carbocycles. The number of phenolic OH excluding ortho intramolecular Hbond substituents is 2. The molecule has 6 nitrogen and oxygen atoms in total. The van der Waals surface area contributed by atoms with Crippen molar-refractivity contribution in [3.05, 3.63) is 24.3 Å². The summed E-state index contributed by atoms with van der Waals surface area (Å²) in [6, 6.07) is 6.15. The number of para-hydroxylation sites is 2. The monoisotopic (exact) mass is 236 g/mol. The van der Waals surface area contributed by atoms with E-state index in [4.69, 9.17) is 14.8 Å². The van der Waals surface area contributed by atoms with Crippen molar-refractivity contribution in [2.75, 3.05) is 6.61 Å². The highest BCUT2D eigenvalue weighted by Crippen LogP contribution is 2.21. The number of aromatic hydroxyl groups is 2. The summed E-state index contributed by atoms with van der Waals surface area (Å²) in [6.07, 6.45) is 0. The number of rotatable bonds is 2. The Balaban J connectivity index is 0.000000265. The Kier molecular flexibility index (Phi) is 5.68. The van der Waals surface area contributed by atoms with Crippen molar-refractivity contribution in [3.63, 3.8) is 0 Å². The molecule has 0 bridgehead atoms. The second-order valence-electron chi connectivity index (χ2n) is 2.32. The van der Waals surface area contributed by atoms with Crippen LogP contribution in [0, 0.1) is 0 Å². The van der Waals surface area contributed by atoms with Crippen LogP contribution in [0.4, 0.5) is 0 Å². The molecule has 7 heteroatoms. The van der Waals surface area contributed by atoms with Crippen LogP contribution in [-0.4, -0.2) is 29.8 Å². The van der Waals surface area contributed by atoms with Crippen molar-refractivity contribution in [2.24, 2.45) is 0 Å². The topological polar surface area (TPSA) is 104 Å². The Hall–Kier alpha value is -1.31. The van der Waals surface area contributed by atoms with Crippen LogP contribution in [0.1, 0.15) is 6.92 Å². The molecule has 0 amide bonds. The van der Waals surface area contributed by atoms with Crippen molar-refractivity contribution in [2.45, 2.75) is 6.92 Å². The highest BCUT2D eigenvalue weighted by molar-refractivity contribution is 7.80. The highest BCUT2D eigenvalue weighted by atomic mass is 32.3. The maximum absolute atomic E-state index is 9.56. The molecule has 3 N–H and O–H groups in total. The van der Waals surface area contributed by atoms with Gasteiger partial charge in [0.1, 0.15) is 0 Å². The van der Waals surface area contributed by atoms with Gasteiger partial charge in [-0.25, -0.2) is 4.18 Å². The van der Waals surface area contributed by atoms with Gasteiger partial charge in [-0.1, -0.05) is 12.1 Å². The smallest absolute Gasteiger partial charge is 0.397 e. The Morgan fingerprint density at radius 3 is 1.73 bits per heavy atom. The Bertz CT molecular complexity index is 365. The molecule has 0 atom stereocenters. The fraction of sp³-hybridized carbons (Fsp3) is 0.250. The average molecular weight is 236 g/mol. The predicted octanol–water partition coefficient (Wildman–Crippen LogP) is 0.923. The third-order valence-corrected chi connectivity index (χ3v) is 1.68. The van der Waals surface area contributed by atoms with Crippen LogP contribution in [0.2, 0.25) is 0 Å². The van der Waals surface area contributed by atoms with E-state index in [1.54, 1.807) is 12.1 Å². The average Bonchev–Trinajstić information content (AvgIpc) is 2.09. The van der Waals surface area contributed by atoms with Crippen molar-refractivity contribution in [1.82, 2.24) is 0 Å². The molecule has 0 radical (unpaired) electrons. The summed E-state index contributed by atoms with van der Waals surface area (Å²) in [7, 11) is -4.17. The second kappa shape index (κ2) is 6.23. The molecule has 0 saturated heterocycles. The van der Waals surface area contributed by atoms with Crippen LogP contribution >= 0.6 is 0 Å². The molecular formula is C8H12O6S. The zero-order valence-electron chi connectivity index (χ0n) is 7.99. The van der Waals surface area contributed by atoms with Gasteiger partial charge in [-0.2, -0.15) is 8.42 Å². The molecule has 15 heavy (non-hydrogen) atoms. The first-order valence-electron chi connectivity index (χ1n) is 3.95. The van der Waals surface area contributed by atoms with E-state index in [-0.39, 0.29) is 18.1 Å². The van der Waals surface area contributed by atoms with E-state index >= 15 is 0 Å². The van der Waals surface area contributed by atoms with Gasteiger partial charge in [0.15, 0.2) is 11.5 Å². The Morgan fingerprint density at radius 1 is 1.20 bits per heavy atom. The maximum Gasteiger partial charge on any atom is 0.397 e. The van der Waals surface area contributed by atoms with Crippen molar-refractivity contribution >= 4 is 10.4 Å². The molecule has 0 aromatic heterocycles. The summed E-state index contributed by atoms with van der Waals surface area (Å²) in [5.41, 5.74) is 0. The van der Waals surface area contributed by atoms with E-state index < -0.39 is 10.4 Å². The summed E-state index contributed by atoms with van der Waals surface area (Å²) in [6.45, 7) is 1.44. The number of hydrogen-bond donors (Lipinski definition) is 3. The molecule has 0 aliphatic heterocycles. The highest BCUT2D eigenvalue weighted by Gasteiger charge is 1.98. The minimum absolute atomic E-state index is 0.0289. The SMILES string of the molecule is CCOS(=O)(=O)O.Oc1ccccc1O. The summed E-state index contributed by atoms with van der Waals surface area (Å²) in [5.74, 6) is -0.153. The van der Waals surface area contributed by atoms with Gasteiger partial charge >= 0.3 is 10.4 Å². The van der Waals surface area contributed by atoms with Gasteiger partial charge in [-0.05, 0) is 19.1 Å². The van der Waals surface area contributed by atoms with E-state index in [9.17, 15) is 8.42 Å². The molecule has 1 rings (SSSR count). The molecule has 0 unspecified atom stereocenters. The minimum Gasteiger partial charge on any atom is -0.504 e.